The van der Waals surface area contributed by atoms with Gasteiger partial charge in [-0.2, -0.15) is 5.10 Å². The van der Waals surface area contributed by atoms with E-state index in [1.807, 2.05) is 53.4 Å². The fourth-order valence-corrected chi connectivity index (χ4v) is 3.11. The minimum absolute atomic E-state index is 0.868. The van der Waals surface area contributed by atoms with Gasteiger partial charge in [-0.1, -0.05) is 58.4 Å². The molecule has 22 heavy (non-hydrogen) atoms. The molecule has 0 fully saturated rings. The normalized spacial score (nSPS) is 12.2. The van der Waals surface area contributed by atoms with E-state index in [9.17, 15) is 0 Å². The second kappa shape index (κ2) is 6.85. The van der Waals surface area contributed by atoms with Crippen LogP contribution < -0.4 is 4.80 Å². The summed E-state index contributed by atoms with van der Waals surface area (Å²) in [6.45, 7) is 0. The van der Waals surface area contributed by atoms with Crippen LogP contribution in [0.4, 0.5) is 0 Å². The Morgan fingerprint density at radius 1 is 1.05 bits per heavy atom. The van der Waals surface area contributed by atoms with E-state index in [4.69, 9.17) is 0 Å². The molecule has 0 atom stereocenters. The fraction of sp³-hybridized carbons (Fsp3) is 0.0588. The molecule has 0 spiro atoms. The Morgan fingerprint density at radius 2 is 1.77 bits per heavy atom. The summed E-state index contributed by atoms with van der Waals surface area (Å²) in [7, 11) is 1.78. The van der Waals surface area contributed by atoms with Crippen molar-refractivity contribution < 1.29 is 0 Å². The van der Waals surface area contributed by atoms with Crippen LogP contribution in [0.15, 0.2) is 74.5 Å². The van der Waals surface area contributed by atoms with Crippen LogP contribution in [0.5, 0.6) is 0 Å². The molecule has 0 aliphatic heterocycles. The van der Waals surface area contributed by atoms with Gasteiger partial charge in [0.25, 0.3) is 0 Å². The lowest BCUT2D eigenvalue weighted by Gasteiger charge is -2.03. The summed E-state index contributed by atoms with van der Waals surface area (Å²) < 4.78 is 2.93. The molecule has 0 unspecified atom stereocenters. The Bertz CT molecular complexity index is 846. The molecule has 0 bridgehead atoms. The van der Waals surface area contributed by atoms with E-state index in [0.29, 0.717) is 0 Å². The smallest absolute Gasteiger partial charge is 0.205 e. The highest BCUT2D eigenvalue weighted by atomic mass is 79.9. The second-order valence-electron chi connectivity index (χ2n) is 4.60. The first-order valence-electron chi connectivity index (χ1n) is 6.76. The predicted molar refractivity (Wildman–Crippen MR) is 96.4 cm³/mol. The van der Waals surface area contributed by atoms with Gasteiger partial charge in [-0.3, -0.25) is 4.99 Å². The van der Waals surface area contributed by atoms with Crippen molar-refractivity contribution in [1.82, 2.24) is 4.68 Å². The third kappa shape index (κ3) is 3.26. The first-order chi connectivity index (χ1) is 10.8. The molecule has 0 aliphatic rings. The summed E-state index contributed by atoms with van der Waals surface area (Å²) in [6.07, 6.45) is 1.85. The summed E-state index contributed by atoms with van der Waals surface area (Å²) >= 11 is 5.02. The average Bonchev–Trinajstić information content (AvgIpc) is 2.98. The largest absolute Gasteiger partial charge is 0.261 e. The van der Waals surface area contributed by atoms with Crippen LogP contribution in [0.2, 0.25) is 0 Å². The Hall–Kier alpha value is -1.98. The van der Waals surface area contributed by atoms with E-state index in [2.05, 4.69) is 43.5 Å². The van der Waals surface area contributed by atoms with Crippen molar-refractivity contribution in [3.63, 3.8) is 0 Å². The third-order valence-electron chi connectivity index (χ3n) is 3.14. The zero-order valence-electron chi connectivity index (χ0n) is 12.0. The second-order valence-corrected chi connectivity index (χ2v) is 6.35. The topological polar surface area (TPSA) is 29.6 Å². The van der Waals surface area contributed by atoms with Gasteiger partial charge < -0.3 is 0 Å². The number of thiazole rings is 1. The molecule has 1 heterocycles. The lowest BCUT2D eigenvalue weighted by Crippen LogP contribution is -2.11. The van der Waals surface area contributed by atoms with Gasteiger partial charge >= 0.3 is 0 Å². The molecule has 0 radical (unpaired) electrons. The molecule has 2 aromatic carbocycles. The number of nitrogens with zero attached hydrogens (tertiary/aromatic N) is 3. The molecule has 0 amide bonds. The van der Waals surface area contributed by atoms with Crippen molar-refractivity contribution in [3.05, 3.63) is 74.8 Å². The van der Waals surface area contributed by atoms with Gasteiger partial charge in [0.15, 0.2) is 0 Å². The van der Waals surface area contributed by atoms with Crippen LogP contribution >= 0.6 is 27.3 Å². The van der Waals surface area contributed by atoms with Crippen LogP contribution in [-0.2, 0) is 0 Å². The molecule has 5 heteroatoms. The van der Waals surface area contributed by atoms with E-state index in [0.717, 1.165) is 26.1 Å². The highest BCUT2D eigenvalue weighted by molar-refractivity contribution is 9.10. The van der Waals surface area contributed by atoms with Crippen molar-refractivity contribution in [3.8, 4) is 11.3 Å². The van der Waals surface area contributed by atoms with Crippen molar-refractivity contribution in [2.75, 3.05) is 7.05 Å². The molecule has 0 saturated carbocycles. The maximum Gasteiger partial charge on any atom is 0.205 e. The number of rotatable bonds is 3. The van der Waals surface area contributed by atoms with Crippen LogP contribution in [0.3, 0.4) is 0 Å². The number of hydrogen-bond acceptors (Lipinski definition) is 3. The van der Waals surface area contributed by atoms with Gasteiger partial charge in [0, 0.05) is 22.5 Å². The summed E-state index contributed by atoms with van der Waals surface area (Å²) in [4.78, 5) is 5.17. The standard InChI is InChI=1S/C17H14BrN3S/c1-19-17-21(20-11-13-7-9-15(18)10-8-13)16(12-22-17)14-5-3-2-4-6-14/h2-12H,1H3/b19-17?,20-11-. The molecule has 110 valence electrons. The highest BCUT2D eigenvalue weighted by Crippen LogP contribution is 2.19. The van der Waals surface area contributed by atoms with Crippen LogP contribution in [-0.4, -0.2) is 17.9 Å². The van der Waals surface area contributed by atoms with Crippen molar-refractivity contribution >= 4 is 33.5 Å². The Morgan fingerprint density at radius 3 is 2.45 bits per heavy atom. The Labute approximate surface area is 141 Å². The first-order valence-corrected chi connectivity index (χ1v) is 8.44. The van der Waals surface area contributed by atoms with Gasteiger partial charge in [0.1, 0.15) is 0 Å². The minimum atomic E-state index is 0.868. The van der Waals surface area contributed by atoms with Gasteiger partial charge in [0.2, 0.25) is 4.80 Å². The maximum absolute atomic E-state index is 4.61. The van der Waals surface area contributed by atoms with E-state index in [1.54, 1.807) is 18.4 Å². The molecule has 0 aliphatic carbocycles. The lowest BCUT2D eigenvalue weighted by molar-refractivity contribution is 0.848. The summed E-state index contributed by atoms with van der Waals surface area (Å²) in [5.41, 5.74) is 3.21. The molecular formula is C17H14BrN3S. The highest BCUT2D eigenvalue weighted by Gasteiger charge is 2.06. The van der Waals surface area contributed by atoms with Crippen LogP contribution in [0.25, 0.3) is 11.3 Å². The van der Waals surface area contributed by atoms with Crippen LogP contribution in [0, 0.1) is 0 Å². The monoisotopic (exact) mass is 371 g/mol. The molecular weight excluding hydrogens is 358 g/mol. The number of aromatic nitrogens is 1. The Balaban J connectivity index is 2.03. The Kier molecular flexibility index (Phi) is 4.65. The van der Waals surface area contributed by atoms with Crippen molar-refractivity contribution in [2.24, 2.45) is 10.1 Å². The van der Waals surface area contributed by atoms with Crippen molar-refractivity contribution in [2.45, 2.75) is 0 Å². The quantitative estimate of drug-likeness (QED) is 0.611. The maximum atomic E-state index is 4.61. The zero-order chi connectivity index (χ0) is 15.4. The molecule has 0 saturated heterocycles. The average molecular weight is 372 g/mol. The number of hydrogen-bond donors (Lipinski definition) is 0. The van der Waals surface area contributed by atoms with Gasteiger partial charge in [-0.05, 0) is 17.7 Å². The zero-order valence-corrected chi connectivity index (χ0v) is 14.4. The van der Waals surface area contributed by atoms with Gasteiger partial charge in [-0.15, -0.1) is 11.3 Å². The SMILES string of the molecule is CN=c1scc(-c2ccccc2)n1/N=C\c1ccc(Br)cc1. The summed E-state index contributed by atoms with van der Waals surface area (Å²) in [5.74, 6) is 0. The lowest BCUT2D eigenvalue weighted by atomic mass is 10.2. The summed E-state index contributed by atoms with van der Waals surface area (Å²) in [6, 6.07) is 18.3. The molecule has 3 aromatic rings. The number of halogens is 1. The van der Waals surface area contributed by atoms with E-state index >= 15 is 0 Å². The summed E-state index contributed by atoms with van der Waals surface area (Å²) in [5, 5.41) is 6.69. The van der Waals surface area contributed by atoms with E-state index in [1.165, 1.54) is 0 Å². The fourth-order valence-electron chi connectivity index (χ4n) is 2.04. The predicted octanol–water partition coefficient (Wildman–Crippen LogP) is 4.39. The molecule has 0 N–H and O–H groups in total. The van der Waals surface area contributed by atoms with E-state index in [-0.39, 0.29) is 0 Å². The number of benzene rings is 2. The van der Waals surface area contributed by atoms with Crippen LogP contribution in [0.1, 0.15) is 5.56 Å². The van der Waals surface area contributed by atoms with E-state index < -0.39 is 0 Å². The first kappa shape index (κ1) is 14.9. The van der Waals surface area contributed by atoms with Gasteiger partial charge in [-0.25, -0.2) is 4.68 Å². The molecule has 1 aromatic heterocycles. The molecule has 3 rings (SSSR count). The van der Waals surface area contributed by atoms with Gasteiger partial charge in [0.05, 0.1) is 11.9 Å². The van der Waals surface area contributed by atoms with Crippen molar-refractivity contribution in [1.29, 1.82) is 0 Å². The molecule has 3 nitrogen and oxygen atoms in total. The third-order valence-corrected chi connectivity index (χ3v) is 4.57. The minimum Gasteiger partial charge on any atom is -0.261 e.